The summed E-state index contributed by atoms with van der Waals surface area (Å²) >= 11 is 1.85. The van der Waals surface area contributed by atoms with E-state index in [0.717, 1.165) is 23.0 Å². The Morgan fingerprint density at radius 2 is 1.88 bits per heavy atom. The number of aromatic nitrogens is 2. The lowest BCUT2D eigenvalue weighted by molar-refractivity contribution is 1.10. The molecule has 0 atom stereocenters. The molecule has 0 bridgehead atoms. The van der Waals surface area contributed by atoms with Crippen molar-refractivity contribution < 1.29 is 0 Å². The highest BCUT2D eigenvalue weighted by atomic mass is 32.2. The van der Waals surface area contributed by atoms with E-state index >= 15 is 0 Å². The molecule has 4 heteroatoms. The third-order valence-electron chi connectivity index (χ3n) is 2.32. The van der Waals surface area contributed by atoms with Crippen LogP contribution in [-0.2, 0) is 11.5 Å². The van der Waals surface area contributed by atoms with Gasteiger partial charge in [0.25, 0.3) is 0 Å². The number of hydrogen-bond donors (Lipinski definition) is 1. The third-order valence-corrected chi connectivity index (χ3v) is 3.36. The zero-order valence-electron chi connectivity index (χ0n) is 9.76. The Morgan fingerprint density at radius 3 is 2.53 bits per heavy atom. The summed E-state index contributed by atoms with van der Waals surface area (Å²) < 4.78 is 0. The monoisotopic (exact) mass is 245 g/mol. The Morgan fingerprint density at radius 1 is 1.06 bits per heavy atom. The highest BCUT2D eigenvalue weighted by molar-refractivity contribution is 7.97. The molecule has 1 aromatic heterocycles. The average Bonchev–Trinajstić information content (AvgIpc) is 2.41. The van der Waals surface area contributed by atoms with Gasteiger partial charge in [0, 0.05) is 18.6 Å². The first-order valence-corrected chi connectivity index (χ1v) is 6.64. The van der Waals surface area contributed by atoms with Gasteiger partial charge in [-0.3, -0.25) is 4.98 Å². The summed E-state index contributed by atoms with van der Waals surface area (Å²) in [4.78, 5) is 8.57. The molecule has 2 aromatic rings. The number of benzene rings is 1. The normalized spacial score (nSPS) is 10.2. The maximum atomic E-state index is 4.33. The topological polar surface area (TPSA) is 37.8 Å². The van der Waals surface area contributed by atoms with Crippen LogP contribution in [0, 0.1) is 0 Å². The van der Waals surface area contributed by atoms with Gasteiger partial charge in [-0.25, -0.2) is 4.98 Å². The summed E-state index contributed by atoms with van der Waals surface area (Å²) in [5.41, 5.74) is 2.36. The Bertz CT molecular complexity index is 442. The van der Waals surface area contributed by atoms with Gasteiger partial charge in [0.05, 0.1) is 18.1 Å². The van der Waals surface area contributed by atoms with E-state index in [1.54, 1.807) is 6.20 Å². The van der Waals surface area contributed by atoms with E-state index in [9.17, 15) is 0 Å². The number of anilines is 1. The Labute approximate surface area is 106 Å². The van der Waals surface area contributed by atoms with Crippen molar-refractivity contribution in [2.45, 2.75) is 11.5 Å². The van der Waals surface area contributed by atoms with Crippen LogP contribution in [0.1, 0.15) is 11.3 Å². The maximum Gasteiger partial charge on any atom is 0.144 e. The number of thioether (sulfide) groups is 1. The maximum absolute atomic E-state index is 4.33. The van der Waals surface area contributed by atoms with Crippen molar-refractivity contribution in [3.8, 4) is 0 Å². The Hall–Kier alpha value is -1.55. The fourth-order valence-corrected chi connectivity index (χ4v) is 2.29. The number of nitrogens with one attached hydrogen (secondary N) is 1. The molecule has 17 heavy (non-hydrogen) atoms. The van der Waals surface area contributed by atoms with Crippen LogP contribution in [-0.4, -0.2) is 17.0 Å². The van der Waals surface area contributed by atoms with Crippen molar-refractivity contribution >= 4 is 17.6 Å². The van der Waals surface area contributed by atoms with E-state index in [-0.39, 0.29) is 0 Å². The summed E-state index contributed by atoms with van der Waals surface area (Å²) in [7, 11) is 1.84. The highest BCUT2D eigenvalue weighted by Crippen LogP contribution is 2.16. The highest BCUT2D eigenvalue weighted by Gasteiger charge is 1.97. The largest absolute Gasteiger partial charge is 0.372 e. The van der Waals surface area contributed by atoms with Crippen molar-refractivity contribution in [2.75, 3.05) is 12.4 Å². The first kappa shape index (κ1) is 11.9. The summed E-state index contributed by atoms with van der Waals surface area (Å²) in [6.45, 7) is 0. The van der Waals surface area contributed by atoms with Gasteiger partial charge in [0.15, 0.2) is 0 Å². The lowest BCUT2D eigenvalue weighted by atomic mass is 10.2. The van der Waals surface area contributed by atoms with Gasteiger partial charge in [-0.05, 0) is 5.56 Å². The average molecular weight is 245 g/mol. The molecule has 0 aliphatic heterocycles. The smallest absolute Gasteiger partial charge is 0.144 e. The lowest BCUT2D eigenvalue weighted by Crippen LogP contribution is -1.95. The van der Waals surface area contributed by atoms with Crippen LogP contribution in [0.25, 0.3) is 0 Å². The van der Waals surface area contributed by atoms with Crippen molar-refractivity contribution in [2.24, 2.45) is 0 Å². The van der Waals surface area contributed by atoms with E-state index in [1.807, 2.05) is 31.1 Å². The molecule has 0 amide bonds. The van der Waals surface area contributed by atoms with Crippen LogP contribution < -0.4 is 5.32 Å². The van der Waals surface area contributed by atoms with Gasteiger partial charge < -0.3 is 5.32 Å². The Balaban J connectivity index is 1.82. The van der Waals surface area contributed by atoms with Gasteiger partial charge in [0.1, 0.15) is 5.82 Å². The van der Waals surface area contributed by atoms with E-state index in [4.69, 9.17) is 0 Å². The second kappa shape index (κ2) is 6.25. The molecule has 0 radical (unpaired) electrons. The first-order valence-electron chi connectivity index (χ1n) is 5.49. The molecule has 3 nitrogen and oxygen atoms in total. The van der Waals surface area contributed by atoms with Gasteiger partial charge in [-0.1, -0.05) is 30.3 Å². The zero-order chi connectivity index (χ0) is 11.9. The van der Waals surface area contributed by atoms with E-state index in [1.165, 1.54) is 5.56 Å². The number of hydrogen-bond acceptors (Lipinski definition) is 4. The molecule has 0 saturated heterocycles. The quantitative estimate of drug-likeness (QED) is 0.879. The number of nitrogens with zero attached hydrogens (tertiary/aromatic N) is 2. The van der Waals surface area contributed by atoms with Crippen LogP contribution in [0.5, 0.6) is 0 Å². The van der Waals surface area contributed by atoms with Crippen LogP contribution in [0.3, 0.4) is 0 Å². The fraction of sp³-hybridized carbons (Fsp3) is 0.231. The fourth-order valence-electron chi connectivity index (χ4n) is 1.41. The van der Waals surface area contributed by atoms with Gasteiger partial charge in [0.2, 0.25) is 0 Å². The molecule has 1 heterocycles. The minimum Gasteiger partial charge on any atom is -0.372 e. The predicted molar refractivity (Wildman–Crippen MR) is 73.0 cm³/mol. The second-order valence-electron chi connectivity index (χ2n) is 3.62. The van der Waals surface area contributed by atoms with Crippen LogP contribution in [0.15, 0.2) is 42.7 Å². The molecule has 88 valence electrons. The van der Waals surface area contributed by atoms with E-state index in [2.05, 4.69) is 39.6 Å². The van der Waals surface area contributed by atoms with Crippen molar-refractivity contribution in [1.82, 2.24) is 9.97 Å². The first-order chi connectivity index (χ1) is 8.38. The SMILES string of the molecule is CNc1cnc(CSCc2ccccc2)cn1. The molecular formula is C13H15N3S. The summed E-state index contributed by atoms with van der Waals surface area (Å²) in [5, 5.41) is 2.96. The van der Waals surface area contributed by atoms with Crippen molar-refractivity contribution in [1.29, 1.82) is 0 Å². The minimum atomic E-state index is 0.807. The summed E-state index contributed by atoms with van der Waals surface area (Å²) in [6.07, 6.45) is 3.59. The molecule has 2 rings (SSSR count). The summed E-state index contributed by atoms with van der Waals surface area (Å²) in [5.74, 6) is 2.71. The van der Waals surface area contributed by atoms with Gasteiger partial charge >= 0.3 is 0 Å². The Kier molecular flexibility index (Phi) is 4.38. The van der Waals surface area contributed by atoms with Crippen LogP contribution in [0.4, 0.5) is 5.82 Å². The van der Waals surface area contributed by atoms with Gasteiger partial charge in [-0.2, -0.15) is 11.8 Å². The lowest BCUT2D eigenvalue weighted by Gasteiger charge is -2.02. The predicted octanol–water partition coefficient (Wildman–Crippen LogP) is 2.95. The molecule has 1 N–H and O–H groups in total. The third kappa shape index (κ3) is 3.75. The molecule has 0 aliphatic rings. The van der Waals surface area contributed by atoms with Crippen molar-refractivity contribution in [3.63, 3.8) is 0 Å². The zero-order valence-corrected chi connectivity index (χ0v) is 10.6. The van der Waals surface area contributed by atoms with E-state index < -0.39 is 0 Å². The number of rotatable bonds is 5. The molecule has 0 unspecified atom stereocenters. The molecule has 0 spiro atoms. The van der Waals surface area contributed by atoms with Crippen molar-refractivity contribution in [3.05, 3.63) is 54.0 Å². The second-order valence-corrected chi connectivity index (χ2v) is 4.61. The van der Waals surface area contributed by atoms with Crippen LogP contribution >= 0.6 is 11.8 Å². The standard InChI is InChI=1S/C13H15N3S/c1-14-13-8-15-12(7-16-13)10-17-9-11-5-3-2-4-6-11/h2-8H,9-10H2,1H3,(H,14,16). The minimum absolute atomic E-state index is 0.807. The molecule has 0 aliphatic carbocycles. The summed E-state index contributed by atoms with van der Waals surface area (Å²) in [6, 6.07) is 10.5. The molecular weight excluding hydrogens is 230 g/mol. The van der Waals surface area contributed by atoms with E-state index in [0.29, 0.717) is 0 Å². The van der Waals surface area contributed by atoms with Crippen LogP contribution in [0.2, 0.25) is 0 Å². The molecule has 1 aromatic carbocycles. The van der Waals surface area contributed by atoms with Gasteiger partial charge in [-0.15, -0.1) is 0 Å². The molecule has 0 saturated carbocycles. The molecule has 0 fully saturated rings.